The Kier molecular flexibility index (Phi) is 4.91. The predicted octanol–water partition coefficient (Wildman–Crippen LogP) is 3.30. The van der Waals surface area contributed by atoms with E-state index in [4.69, 9.17) is 9.47 Å². The van der Waals surface area contributed by atoms with Crippen molar-refractivity contribution in [3.63, 3.8) is 0 Å². The van der Waals surface area contributed by atoms with Gasteiger partial charge in [0.05, 0.1) is 19.6 Å². The molecule has 0 N–H and O–H groups in total. The SMILES string of the molecule is COC(=O)CC1(CSc2ncccc2OC(C)C)CC1. The number of methoxy groups -OCH3 is 1. The number of thioether (sulfide) groups is 1. The van der Waals surface area contributed by atoms with E-state index in [9.17, 15) is 4.79 Å². The molecule has 1 aliphatic rings. The second kappa shape index (κ2) is 6.48. The number of hydrogen-bond donors (Lipinski definition) is 0. The Bertz CT molecular complexity index is 472. The van der Waals surface area contributed by atoms with Gasteiger partial charge in [0.15, 0.2) is 5.75 Å². The van der Waals surface area contributed by atoms with Crippen LogP contribution in [0.1, 0.15) is 33.1 Å². The number of carbonyl (C=O) groups excluding carboxylic acids is 1. The van der Waals surface area contributed by atoms with E-state index >= 15 is 0 Å². The van der Waals surface area contributed by atoms with Crippen molar-refractivity contribution in [3.05, 3.63) is 18.3 Å². The summed E-state index contributed by atoms with van der Waals surface area (Å²) in [6.07, 6.45) is 4.58. The van der Waals surface area contributed by atoms with E-state index in [-0.39, 0.29) is 17.5 Å². The number of aromatic nitrogens is 1. The molecule has 1 aromatic heterocycles. The summed E-state index contributed by atoms with van der Waals surface area (Å²) in [5, 5.41) is 0.900. The van der Waals surface area contributed by atoms with Crippen LogP contribution < -0.4 is 4.74 Å². The van der Waals surface area contributed by atoms with E-state index in [0.717, 1.165) is 29.4 Å². The lowest BCUT2D eigenvalue weighted by Gasteiger charge is -2.16. The molecule has 0 bridgehead atoms. The first-order chi connectivity index (χ1) is 9.54. The van der Waals surface area contributed by atoms with Crippen LogP contribution in [0.15, 0.2) is 23.4 Å². The van der Waals surface area contributed by atoms with Gasteiger partial charge in [-0.2, -0.15) is 0 Å². The van der Waals surface area contributed by atoms with Gasteiger partial charge in [0.2, 0.25) is 0 Å². The third-order valence-electron chi connectivity index (χ3n) is 3.32. The summed E-state index contributed by atoms with van der Waals surface area (Å²) in [4.78, 5) is 15.8. The second-order valence-corrected chi connectivity index (χ2v) is 6.48. The number of hydrogen-bond acceptors (Lipinski definition) is 5. The summed E-state index contributed by atoms with van der Waals surface area (Å²) in [5.74, 6) is 1.58. The van der Waals surface area contributed by atoms with Crippen LogP contribution in [0, 0.1) is 5.41 Å². The van der Waals surface area contributed by atoms with Crippen molar-refractivity contribution in [2.24, 2.45) is 5.41 Å². The van der Waals surface area contributed by atoms with Crippen molar-refractivity contribution in [1.29, 1.82) is 0 Å². The quantitative estimate of drug-likeness (QED) is 0.570. The molecule has 20 heavy (non-hydrogen) atoms. The highest BCUT2D eigenvalue weighted by Crippen LogP contribution is 2.52. The Balaban J connectivity index is 1.95. The Labute approximate surface area is 124 Å². The molecular formula is C15H21NO3S. The van der Waals surface area contributed by atoms with Crippen LogP contribution in [-0.2, 0) is 9.53 Å². The number of nitrogens with zero attached hydrogens (tertiary/aromatic N) is 1. The van der Waals surface area contributed by atoms with Crippen molar-refractivity contribution < 1.29 is 14.3 Å². The van der Waals surface area contributed by atoms with Gasteiger partial charge >= 0.3 is 5.97 Å². The van der Waals surface area contributed by atoms with E-state index in [1.54, 1.807) is 18.0 Å². The maximum atomic E-state index is 11.4. The highest BCUT2D eigenvalue weighted by atomic mass is 32.2. The zero-order valence-corrected chi connectivity index (χ0v) is 13.0. The molecular weight excluding hydrogens is 274 g/mol. The van der Waals surface area contributed by atoms with Crippen LogP contribution in [0.4, 0.5) is 0 Å². The second-order valence-electron chi connectivity index (χ2n) is 5.51. The summed E-state index contributed by atoms with van der Waals surface area (Å²) < 4.78 is 10.5. The van der Waals surface area contributed by atoms with Gasteiger partial charge in [-0.25, -0.2) is 4.98 Å². The van der Waals surface area contributed by atoms with Crippen molar-refractivity contribution in [2.75, 3.05) is 12.9 Å². The van der Waals surface area contributed by atoms with E-state index in [2.05, 4.69) is 4.98 Å². The monoisotopic (exact) mass is 295 g/mol. The summed E-state index contributed by atoms with van der Waals surface area (Å²) in [5.41, 5.74) is 0.102. The molecule has 0 radical (unpaired) electrons. The molecule has 0 aliphatic heterocycles. The van der Waals surface area contributed by atoms with Gasteiger partial charge in [-0.3, -0.25) is 4.79 Å². The Morgan fingerprint density at radius 3 is 2.85 bits per heavy atom. The zero-order valence-electron chi connectivity index (χ0n) is 12.2. The van der Waals surface area contributed by atoms with Gasteiger partial charge < -0.3 is 9.47 Å². The van der Waals surface area contributed by atoms with E-state index in [1.165, 1.54) is 7.11 Å². The van der Waals surface area contributed by atoms with Gasteiger partial charge in [-0.05, 0) is 44.2 Å². The molecule has 4 nitrogen and oxygen atoms in total. The van der Waals surface area contributed by atoms with Gasteiger partial charge in [0.25, 0.3) is 0 Å². The molecule has 1 aliphatic carbocycles. The minimum absolute atomic E-state index is 0.102. The molecule has 1 aromatic rings. The zero-order chi connectivity index (χ0) is 14.6. The predicted molar refractivity (Wildman–Crippen MR) is 79.0 cm³/mol. The van der Waals surface area contributed by atoms with Gasteiger partial charge in [0, 0.05) is 11.9 Å². The molecule has 0 saturated heterocycles. The summed E-state index contributed by atoms with van der Waals surface area (Å²) in [6.45, 7) is 4.00. The lowest BCUT2D eigenvalue weighted by Crippen LogP contribution is -2.13. The third kappa shape index (κ3) is 4.13. The summed E-state index contributed by atoms with van der Waals surface area (Å²) in [7, 11) is 1.44. The standard InChI is InChI=1S/C15H21NO3S/c1-11(2)19-12-5-4-8-16-14(12)20-10-15(6-7-15)9-13(17)18-3/h4-5,8,11H,6-7,9-10H2,1-3H3. The third-order valence-corrected chi connectivity index (χ3v) is 4.65. The Hall–Kier alpha value is -1.23. The molecule has 110 valence electrons. The minimum atomic E-state index is -0.122. The van der Waals surface area contributed by atoms with Crippen LogP contribution in [0.5, 0.6) is 5.75 Å². The molecule has 0 atom stereocenters. The number of rotatable bonds is 7. The number of esters is 1. The van der Waals surface area contributed by atoms with Crippen molar-refractivity contribution in [1.82, 2.24) is 4.98 Å². The lowest BCUT2D eigenvalue weighted by atomic mass is 10.1. The van der Waals surface area contributed by atoms with Gasteiger partial charge in [-0.15, -0.1) is 11.8 Å². The fourth-order valence-electron chi connectivity index (χ4n) is 1.98. The first-order valence-corrected chi connectivity index (χ1v) is 7.84. The maximum absolute atomic E-state index is 11.4. The summed E-state index contributed by atoms with van der Waals surface area (Å²) in [6, 6.07) is 3.82. The van der Waals surface area contributed by atoms with Crippen LogP contribution in [-0.4, -0.2) is 29.9 Å². The van der Waals surface area contributed by atoms with Crippen molar-refractivity contribution in [3.8, 4) is 5.75 Å². The largest absolute Gasteiger partial charge is 0.488 e. The molecule has 2 rings (SSSR count). The molecule has 1 heterocycles. The first-order valence-electron chi connectivity index (χ1n) is 6.86. The average Bonchev–Trinajstić information content (AvgIpc) is 3.17. The van der Waals surface area contributed by atoms with Crippen LogP contribution in [0.2, 0.25) is 0 Å². The van der Waals surface area contributed by atoms with E-state index in [0.29, 0.717) is 6.42 Å². The molecule has 0 unspecified atom stereocenters. The fourth-order valence-corrected chi connectivity index (χ4v) is 3.20. The van der Waals surface area contributed by atoms with Crippen LogP contribution in [0.25, 0.3) is 0 Å². The Morgan fingerprint density at radius 2 is 2.25 bits per heavy atom. The number of ether oxygens (including phenoxy) is 2. The van der Waals surface area contributed by atoms with Gasteiger partial charge in [0.1, 0.15) is 5.03 Å². The minimum Gasteiger partial charge on any atom is -0.488 e. The summed E-state index contributed by atoms with van der Waals surface area (Å²) >= 11 is 1.67. The molecule has 0 aromatic carbocycles. The van der Waals surface area contributed by atoms with Crippen molar-refractivity contribution >= 4 is 17.7 Å². The number of carbonyl (C=O) groups is 1. The Morgan fingerprint density at radius 1 is 1.50 bits per heavy atom. The first kappa shape index (κ1) is 15.2. The molecule has 1 saturated carbocycles. The van der Waals surface area contributed by atoms with Crippen molar-refractivity contribution in [2.45, 2.75) is 44.2 Å². The maximum Gasteiger partial charge on any atom is 0.306 e. The molecule has 1 fully saturated rings. The molecule has 5 heteroatoms. The van der Waals surface area contributed by atoms with Crippen LogP contribution >= 0.6 is 11.8 Å². The number of pyridine rings is 1. The average molecular weight is 295 g/mol. The van der Waals surface area contributed by atoms with E-state index < -0.39 is 0 Å². The van der Waals surface area contributed by atoms with Crippen LogP contribution in [0.3, 0.4) is 0 Å². The fraction of sp³-hybridized carbons (Fsp3) is 0.600. The van der Waals surface area contributed by atoms with Gasteiger partial charge in [-0.1, -0.05) is 0 Å². The molecule has 0 spiro atoms. The lowest BCUT2D eigenvalue weighted by molar-refractivity contribution is -0.141. The normalized spacial score (nSPS) is 16.0. The topological polar surface area (TPSA) is 48.4 Å². The highest BCUT2D eigenvalue weighted by molar-refractivity contribution is 7.99. The van der Waals surface area contributed by atoms with E-state index in [1.807, 2.05) is 26.0 Å². The molecule has 0 amide bonds. The smallest absolute Gasteiger partial charge is 0.306 e. The highest BCUT2D eigenvalue weighted by Gasteiger charge is 2.44.